The minimum Gasteiger partial charge on any atom is -0.319 e. The van der Waals surface area contributed by atoms with Gasteiger partial charge in [-0.3, -0.25) is 4.79 Å². The molecule has 23 heavy (non-hydrogen) atoms. The highest BCUT2D eigenvalue weighted by Gasteiger charge is 2.18. The predicted octanol–water partition coefficient (Wildman–Crippen LogP) is 2.31. The first kappa shape index (κ1) is 17.0. The molecular weight excluding hydrogens is 333 g/mol. The second-order valence-electron chi connectivity index (χ2n) is 4.76. The van der Waals surface area contributed by atoms with E-state index in [1.807, 2.05) is 5.32 Å². The van der Waals surface area contributed by atoms with Crippen LogP contribution in [-0.2, 0) is 10.0 Å². The molecule has 2 rings (SSSR count). The van der Waals surface area contributed by atoms with E-state index < -0.39 is 39.1 Å². The molecule has 0 saturated carbocycles. The number of benzene rings is 2. The van der Waals surface area contributed by atoms with Crippen LogP contribution in [0.1, 0.15) is 15.9 Å². The number of halogens is 3. The van der Waals surface area contributed by atoms with Crippen molar-refractivity contribution in [3.8, 4) is 0 Å². The maximum Gasteiger partial charge on any atom is 0.255 e. The van der Waals surface area contributed by atoms with Gasteiger partial charge in [-0.15, -0.1) is 0 Å². The predicted molar refractivity (Wildman–Crippen MR) is 76.8 cm³/mol. The van der Waals surface area contributed by atoms with Gasteiger partial charge in [0.05, 0.1) is 10.6 Å². The summed E-state index contributed by atoms with van der Waals surface area (Å²) in [6, 6.07) is 5.09. The van der Waals surface area contributed by atoms with E-state index in [0.29, 0.717) is 11.6 Å². The molecule has 0 radical (unpaired) electrons. The van der Waals surface area contributed by atoms with E-state index in [-0.39, 0.29) is 10.5 Å². The van der Waals surface area contributed by atoms with Gasteiger partial charge in [0, 0.05) is 5.56 Å². The molecule has 0 bridgehead atoms. The normalized spacial score (nSPS) is 11.3. The van der Waals surface area contributed by atoms with Crippen LogP contribution in [0.3, 0.4) is 0 Å². The van der Waals surface area contributed by atoms with Crippen LogP contribution in [0.15, 0.2) is 35.2 Å². The molecule has 0 unspecified atom stereocenters. The zero-order valence-electron chi connectivity index (χ0n) is 11.7. The Morgan fingerprint density at radius 2 is 1.74 bits per heavy atom. The third-order valence-electron chi connectivity index (χ3n) is 2.92. The van der Waals surface area contributed by atoms with E-state index in [1.54, 1.807) is 0 Å². The Morgan fingerprint density at radius 1 is 1.09 bits per heavy atom. The van der Waals surface area contributed by atoms with Gasteiger partial charge in [0.15, 0.2) is 17.5 Å². The Kier molecular flexibility index (Phi) is 4.44. The number of nitrogens with two attached hydrogens (primary N) is 1. The van der Waals surface area contributed by atoms with Crippen LogP contribution >= 0.6 is 0 Å². The van der Waals surface area contributed by atoms with Crippen LogP contribution in [0.2, 0.25) is 0 Å². The molecule has 0 aromatic heterocycles. The highest BCUT2D eigenvalue weighted by Crippen LogP contribution is 2.21. The standard InChI is InChI=1S/C14H11F3N2O3S/c1-7-4-8(6-9(5-7)23(18,21)22)14(20)19-11-3-2-10(15)12(16)13(11)17/h2-6H,1H3,(H,19,20)(H2,18,21,22). The number of nitrogens with one attached hydrogen (secondary N) is 1. The van der Waals surface area contributed by atoms with Gasteiger partial charge >= 0.3 is 0 Å². The maximum absolute atomic E-state index is 13.5. The van der Waals surface area contributed by atoms with E-state index in [9.17, 15) is 26.4 Å². The number of primary sulfonamides is 1. The van der Waals surface area contributed by atoms with Crippen LogP contribution in [0, 0.1) is 24.4 Å². The number of anilines is 1. The fraction of sp³-hybridized carbons (Fsp3) is 0.0714. The van der Waals surface area contributed by atoms with Crippen LogP contribution in [-0.4, -0.2) is 14.3 Å². The fourth-order valence-corrected chi connectivity index (χ4v) is 2.50. The summed E-state index contributed by atoms with van der Waals surface area (Å²) in [4.78, 5) is 11.8. The highest BCUT2D eigenvalue weighted by atomic mass is 32.2. The van der Waals surface area contributed by atoms with Gasteiger partial charge in [0.2, 0.25) is 10.0 Å². The monoisotopic (exact) mass is 344 g/mol. The molecule has 2 aromatic carbocycles. The van der Waals surface area contributed by atoms with Gasteiger partial charge in [-0.05, 0) is 42.8 Å². The fourth-order valence-electron chi connectivity index (χ4n) is 1.86. The first-order valence-corrected chi connectivity index (χ1v) is 7.73. The summed E-state index contributed by atoms with van der Waals surface area (Å²) in [5, 5.41) is 7.04. The third kappa shape index (κ3) is 3.69. The lowest BCUT2D eigenvalue weighted by Gasteiger charge is -2.09. The summed E-state index contributed by atoms with van der Waals surface area (Å²) in [6.07, 6.45) is 0. The van der Waals surface area contributed by atoms with E-state index >= 15 is 0 Å². The Balaban J connectivity index is 2.39. The zero-order chi connectivity index (χ0) is 17.4. The van der Waals surface area contributed by atoms with Crippen molar-refractivity contribution >= 4 is 21.6 Å². The molecule has 0 aliphatic rings. The lowest BCUT2D eigenvalue weighted by atomic mass is 10.1. The smallest absolute Gasteiger partial charge is 0.255 e. The van der Waals surface area contributed by atoms with Gasteiger partial charge in [0.1, 0.15) is 0 Å². The summed E-state index contributed by atoms with van der Waals surface area (Å²) in [7, 11) is -4.04. The topological polar surface area (TPSA) is 89.3 Å². The molecule has 0 fully saturated rings. The van der Waals surface area contributed by atoms with Gasteiger partial charge in [-0.1, -0.05) is 0 Å². The van der Waals surface area contributed by atoms with Crippen molar-refractivity contribution in [3.63, 3.8) is 0 Å². The van der Waals surface area contributed by atoms with E-state index in [2.05, 4.69) is 0 Å². The van der Waals surface area contributed by atoms with Crippen LogP contribution in [0.4, 0.5) is 18.9 Å². The van der Waals surface area contributed by atoms with Gasteiger partial charge < -0.3 is 5.32 Å². The van der Waals surface area contributed by atoms with Gasteiger partial charge in [-0.2, -0.15) is 0 Å². The number of aryl methyl sites for hydroxylation is 1. The van der Waals surface area contributed by atoms with E-state index in [4.69, 9.17) is 5.14 Å². The summed E-state index contributed by atoms with van der Waals surface area (Å²) in [6.45, 7) is 1.53. The molecule has 0 aliphatic heterocycles. The summed E-state index contributed by atoms with van der Waals surface area (Å²) in [5.41, 5.74) is -0.279. The lowest BCUT2D eigenvalue weighted by Crippen LogP contribution is -2.17. The second kappa shape index (κ2) is 6.01. The number of hydrogen-bond donors (Lipinski definition) is 2. The molecule has 9 heteroatoms. The summed E-state index contributed by atoms with van der Waals surface area (Å²) in [5.74, 6) is -5.58. The molecule has 2 aromatic rings. The lowest BCUT2D eigenvalue weighted by molar-refractivity contribution is 0.102. The Bertz CT molecular complexity index is 898. The Labute approximate surface area is 130 Å². The number of carbonyl (C=O) groups is 1. The van der Waals surface area contributed by atoms with Crippen molar-refractivity contribution in [1.29, 1.82) is 0 Å². The van der Waals surface area contributed by atoms with Crippen molar-refractivity contribution < 1.29 is 26.4 Å². The number of carbonyl (C=O) groups excluding carboxylic acids is 1. The van der Waals surface area contributed by atoms with Crippen molar-refractivity contribution in [2.45, 2.75) is 11.8 Å². The molecule has 0 atom stereocenters. The highest BCUT2D eigenvalue weighted by molar-refractivity contribution is 7.89. The minimum atomic E-state index is -4.04. The first-order valence-electron chi connectivity index (χ1n) is 6.19. The summed E-state index contributed by atoms with van der Waals surface area (Å²) >= 11 is 0. The third-order valence-corrected chi connectivity index (χ3v) is 3.82. The number of rotatable bonds is 3. The Morgan fingerprint density at radius 3 is 2.35 bits per heavy atom. The van der Waals surface area contributed by atoms with Gasteiger partial charge in [0.25, 0.3) is 5.91 Å². The average Bonchev–Trinajstić information content (AvgIpc) is 2.46. The van der Waals surface area contributed by atoms with E-state index in [0.717, 1.165) is 12.1 Å². The molecular formula is C14H11F3N2O3S. The molecule has 5 nitrogen and oxygen atoms in total. The van der Waals surface area contributed by atoms with E-state index in [1.165, 1.54) is 19.1 Å². The number of sulfonamides is 1. The molecule has 0 spiro atoms. The number of amides is 1. The van der Waals surface area contributed by atoms with Crippen molar-refractivity contribution in [2.75, 3.05) is 5.32 Å². The Hall–Kier alpha value is -2.39. The average molecular weight is 344 g/mol. The minimum absolute atomic E-state index is 0.127. The molecule has 122 valence electrons. The maximum atomic E-state index is 13.5. The molecule has 1 amide bonds. The van der Waals surface area contributed by atoms with Crippen LogP contribution < -0.4 is 10.5 Å². The number of hydrogen-bond acceptors (Lipinski definition) is 3. The first-order chi connectivity index (χ1) is 10.6. The molecule has 3 N–H and O–H groups in total. The quantitative estimate of drug-likeness (QED) is 0.838. The SMILES string of the molecule is Cc1cc(C(=O)Nc2ccc(F)c(F)c2F)cc(S(N)(=O)=O)c1. The molecule has 0 saturated heterocycles. The van der Waals surface area contributed by atoms with Gasteiger partial charge in [-0.25, -0.2) is 26.7 Å². The van der Waals surface area contributed by atoms with Crippen LogP contribution in [0.25, 0.3) is 0 Å². The molecule has 0 aliphatic carbocycles. The van der Waals surface area contributed by atoms with Crippen molar-refractivity contribution in [1.82, 2.24) is 0 Å². The van der Waals surface area contributed by atoms with Crippen molar-refractivity contribution in [2.24, 2.45) is 5.14 Å². The molecule has 0 heterocycles. The van der Waals surface area contributed by atoms with Crippen LogP contribution in [0.5, 0.6) is 0 Å². The van der Waals surface area contributed by atoms with Crippen molar-refractivity contribution in [3.05, 3.63) is 58.9 Å². The summed E-state index contributed by atoms with van der Waals surface area (Å²) < 4.78 is 62.2. The second-order valence-corrected chi connectivity index (χ2v) is 6.32. The largest absolute Gasteiger partial charge is 0.319 e. The zero-order valence-corrected chi connectivity index (χ0v) is 12.5.